The van der Waals surface area contributed by atoms with E-state index in [0.29, 0.717) is 5.92 Å². The Hall–Kier alpha value is -1.24. The first-order valence-electron chi connectivity index (χ1n) is 7.09. The van der Waals surface area contributed by atoms with Crippen LogP contribution in [0.1, 0.15) is 28.2 Å². The molecule has 1 amide bonds. The number of aromatic nitrogens is 1. The van der Waals surface area contributed by atoms with E-state index in [1.807, 2.05) is 23.3 Å². The molecule has 0 saturated carbocycles. The van der Waals surface area contributed by atoms with Gasteiger partial charge in [-0.3, -0.25) is 4.79 Å². The molecule has 3 rings (SSSR count). The van der Waals surface area contributed by atoms with Crippen molar-refractivity contribution >= 4 is 28.6 Å². The van der Waals surface area contributed by atoms with Gasteiger partial charge in [-0.15, -0.1) is 11.3 Å². The van der Waals surface area contributed by atoms with Gasteiger partial charge in [-0.05, 0) is 37.1 Å². The van der Waals surface area contributed by atoms with Crippen molar-refractivity contribution in [1.29, 1.82) is 0 Å². The Balaban J connectivity index is 1.76. The molecular weight excluding hydrogens is 304 g/mol. The highest BCUT2D eigenvalue weighted by molar-refractivity contribution is 7.17. The monoisotopic (exact) mass is 322 g/mol. The van der Waals surface area contributed by atoms with Gasteiger partial charge in [0.1, 0.15) is 9.88 Å². The minimum absolute atomic E-state index is 0.0860. The lowest BCUT2D eigenvalue weighted by molar-refractivity contribution is 0.0654. The summed E-state index contributed by atoms with van der Waals surface area (Å²) in [5, 5.41) is 14.2. The second kappa shape index (κ2) is 6.25. The zero-order chi connectivity index (χ0) is 14.8. The van der Waals surface area contributed by atoms with Crippen LogP contribution in [-0.4, -0.2) is 40.6 Å². The fraction of sp³-hybridized carbons (Fsp3) is 0.467. The van der Waals surface area contributed by atoms with Crippen LogP contribution in [0.15, 0.2) is 16.8 Å². The molecule has 3 heterocycles. The van der Waals surface area contributed by atoms with Gasteiger partial charge in [0.2, 0.25) is 0 Å². The van der Waals surface area contributed by atoms with Crippen LogP contribution in [0.3, 0.4) is 0 Å². The average molecular weight is 322 g/mol. The molecule has 0 spiro atoms. The molecule has 1 aliphatic rings. The maximum absolute atomic E-state index is 12.6. The summed E-state index contributed by atoms with van der Waals surface area (Å²) in [5.74, 6) is 0.431. The van der Waals surface area contributed by atoms with Crippen molar-refractivity contribution in [3.63, 3.8) is 0 Å². The Kier molecular flexibility index (Phi) is 4.37. The van der Waals surface area contributed by atoms with E-state index in [9.17, 15) is 9.90 Å². The van der Waals surface area contributed by atoms with Gasteiger partial charge in [0.05, 0.1) is 5.69 Å². The van der Waals surface area contributed by atoms with E-state index < -0.39 is 0 Å². The molecule has 1 N–H and O–H groups in total. The number of piperidine rings is 1. The Labute approximate surface area is 132 Å². The van der Waals surface area contributed by atoms with Crippen LogP contribution in [0, 0.1) is 12.8 Å². The van der Waals surface area contributed by atoms with Crippen molar-refractivity contribution in [3.8, 4) is 10.6 Å². The molecule has 4 nitrogen and oxygen atoms in total. The summed E-state index contributed by atoms with van der Waals surface area (Å²) < 4.78 is 0. The van der Waals surface area contributed by atoms with E-state index >= 15 is 0 Å². The number of carbonyl (C=O) groups is 1. The van der Waals surface area contributed by atoms with E-state index in [1.54, 1.807) is 11.3 Å². The molecule has 0 aliphatic carbocycles. The van der Waals surface area contributed by atoms with Crippen LogP contribution in [0.25, 0.3) is 10.6 Å². The first-order valence-corrected chi connectivity index (χ1v) is 8.85. The topological polar surface area (TPSA) is 53.4 Å². The number of hydrogen-bond acceptors (Lipinski definition) is 5. The van der Waals surface area contributed by atoms with E-state index in [1.165, 1.54) is 11.3 Å². The largest absolute Gasteiger partial charge is 0.396 e. The molecule has 0 radical (unpaired) electrons. The van der Waals surface area contributed by atoms with Crippen molar-refractivity contribution < 1.29 is 9.90 Å². The fourth-order valence-electron chi connectivity index (χ4n) is 2.57. The van der Waals surface area contributed by atoms with Crippen LogP contribution in [0.2, 0.25) is 0 Å². The lowest BCUT2D eigenvalue weighted by Crippen LogP contribution is -2.39. The average Bonchev–Trinajstić information content (AvgIpc) is 3.16. The molecule has 0 unspecified atom stereocenters. The molecule has 2 aromatic heterocycles. The number of aryl methyl sites for hydroxylation is 1. The molecule has 21 heavy (non-hydrogen) atoms. The van der Waals surface area contributed by atoms with Crippen LogP contribution in [0.4, 0.5) is 0 Å². The van der Waals surface area contributed by atoms with Gasteiger partial charge in [0, 0.05) is 30.6 Å². The predicted molar refractivity (Wildman–Crippen MR) is 85.9 cm³/mol. The van der Waals surface area contributed by atoms with Crippen molar-refractivity contribution in [3.05, 3.63) is 27.4 Å². The zero-order valence-corrected chi connectivity index (χ0v) is 13.5. The summed E-state index contributed by atoms with van der Waals surface area (Å²) in [7, 11) is 0. The van der Waals surface area contributed by atoms with Crippen LogP contribution < -0.4 is 0 Å². The van der Waals surface area contributed by atoms with Crippen LogP contribution >= 0.6 is 22.7 Å². The molecule has 1 saturated heterocycles. The maximum atomic E-state index is 12.6. The lowest BCUT2D eigenvalue weighted by atomic mass is 9.98. The Morgan fingerprint density at radius 1 is 1.48 bits per heavy atom. The summed E-state index contributed by atoms with van der Waals surface area (Å²) in [6.45, 7) is 3.59. The number of aliphatic hydroxyl groups is 1. The Morgan fingerprint density at radius 3 is 2.86 bits per heavy atom. The maximum Gasteiger partial charge on any atom is 0.265 e. The second-order valence-electron chi connectivity index (χ2n) is 5.36. The van der Waals surface area contributed by atoms with Gasteiger partial charge in [0.25, 0.3) is 5.91 Å². The number of amides is 1. The molecule has 0 atom stereocenters. The van der Waals surface area contributed by atoms with Gasteiger partial charge in [-0.2, -0.15) is 11.3 Å². The number of aliphatic hydroxyl groups excluding tert-OH is 1. The first kappa shape index (κ1) is 14.7. The standard InChI is InChI=1S/C15H18N2O2S2/c1-10-13(21-14(16-10)12-4-7-20-9-12)15(19)17-5-2-11(8-18)3-6-17/h4,7,9,11,18H,2-3,5-6,8H2,1H3. The smallest absolute Gasteiger partial charge is 0.265 e. The summed E-state index contributed by atoms with van der Waals surface area (Å²) in [6.07, 6.45) is 1.77. The van der Waals surface area contributed by atoms with Gasteiger partial charge >= 0.3 is 0 Å². The molecule has 0 bridgehead atoms. The van der Waals surface area contributed by atoms with Crippen LogP contribution in [0.5, 0.6) is 0 Å². The van der Waals surface area contributed by atoms with Gasteiger partial charge in [-0.1, -0.05) is 0 Å². The van der Waals surface area contributed by atoms with Gasteiger partial charge < -0.3 is 10.0 Å². The molecule has 112 valence electrons. The number of thiophene rings is 1. The summed E-state index contributed by atoms with van der Waals surface area (Å²) in [4.78, 5) is 19.8. The minimum atomic E-state index is 0.0860. The summed E-state index contributed by atoms with van der Waals surface area (Å²) in [5.41, 5.74) is 1.90. The van der Waals surface area contributed by atoms with Crippen molar-refractivity contribution in [2.45, 2.75) is 19.8 Å². The van der Waals surface area contributed by atoms with Crippen LogP contribution in [-0.2, 0) is 0 Å². The van der Waals surface area contributed by atoms with E-state index in [0.717, 1.165) is 47.1 Å². The van der Waals surface area contributed by atoms with Gasteiger partial charge in [-0.25, -0.2) is 4.98 Å². The number of thiazole rings is 1. The SMILES string of the molecule is Cc1nc(-c2ccsc2)sc1C(=O)N1CCC(CO)CC1. The number of hydrogen-bond donors (Lipinski definition) is 1. The quantitative estimate of drug-likeness (QED) is 0.945. The van der Waals surface area contributed by atoms with E-state index in [-0.39, 0.29) is 12.5 Å². The zero-order valence-electron chi connectivity index (χ0n) is 11.9. The van der Waals surface area contributed by atoms with E-state index in [4.69, 9.17) is 0 Å². The molecule has 2 aromatic rings. The van der Waals surface area contributed by atoms with E-state index in [2.05, 4.69) is 10.4 Å². The number of rotatable bonds is 3. The second-order valence-corrected chi connectivity index (χ2v) is 7.14. The lowest BCUT2D eigenvalue weighted by Gasteiger charge is -2.30. The first-order chi connectivity index (χ1) is 10.2. The van der Waals surface area contributed by atoms with Crippen molar-refractivity contribution in [2.24, 2.45) is 5.92 Å². The molecular formula is C15H18N2O2S2. The van der Waals surface area contributed by atoms with Crippen molar-refractivity contribution in [1.82, 2.24) is 9.88 Å². The summed E-state index contributed by atoms with van der Waals surface area (Å²) in [6, 6.07) is 2.03. The summed E-state index contributed by atoms with van der Waals surface area (Å²) >= 11 is 3.12. The fourth-order valence-corrected chi connectivity index (χ4v) is 4.31. The number of nitrogens with zero attached hydrogens (tertiary/aromatic N) is 2. The molecule has 6 heteroatoms. The number of carbonyl (C=O) groups excluding carboxylic acids is 1. The normalized spacial score (nSPS) is 16.4. The molecule has 1 aliphatic heterocycles. The molecule has 0 aromatic carbocycles. The Bertz CT molecular complexity index is 614. The highest BCUT2D eigenvalue weighted by Gasteiger charge is 2.26. The van der Waals surface area contributed by atoms with Crippen molar-refractivity contribution in [2.75, 3.05) is 19.7 Å². The Morgan fingerprint density at radius 2 is 2.24 bits per heavy atom. The van der Waals surface area contributed by atoms with Gasteiger partial charge in [0.15, 0.2) is 0 Å². The highest BCUT2D eigenvalue weighted by atomic mass is 32.1. The number of likely N-dealkylation sites (tertiary alicyclic amines) is 1. The predicted octanol–water partition coefficient (Wildman–Crippen LogP) is 3.02. The third kappa shape index (κ3) is 3.02. The third-order valence-electron chi connectivity index (χ3n) is 3.92. The highest BCUT2D eigenvalue weighted by Crippen LogP contribution is 2.31. The molecule has 1 fully saturated rings. The minimum Gasteiger partial charge on any atom is -0.396 e. The third-order valence-corrected chi connectivity index (χ3v) is 5.80.